The predicted molar refractivity (Wildman–Crippen MR) is 139 cm³/mol. The zero-order chi connectivity index (χ0) is 25.7. The Morgan fingerprint density at radius 3 is 2.56 bits per heavy atom. The summed E-state index contributed by atoms with van der Waals surface area (Å²) in [4.78, 5) is 24.1. The molecule has 194 valence electrons. The minimum Gasteiger partial charge on any atom is -0.481 e. The third kappa shape index (κ3) is 7.04. The number of esters is 1. The van der Waals surface area contributed by atoms with Gasteiger partial charge >= 0.3 is 11.9 Å². The predicted octanol–water partition coefficient (Wildman–Crippen LogP) is 4.17. The van der Waals surface area contributed by atoms with Crippen LogP contribution in [0.25, 0.3) is 0 Å². The Morgan fingerprint density at radius 2 is 1.97 bits per heavy atom. The lowest BCUT2D eigenvalue weighted by Crippen LogP contribution is -2.51. The van der Waals surface area contributed by atoms with Crippen molar-refractivity contribution in [2.45, 2.75) is 107 Å². The standard InChI is InChI=1S/C26H41IO7/c1-5-10-25(4,6-2)24(33)34-21-14-19(29)12-17-8-7-16(3)26(27,23(17)21)11-9-18(28)13-20(30)15-22(31)32/h7-8,12,16,18-21,23,28-30H,5-6,9-11,13-15H2,1-4H3,(H,31,32). The summed E-state index contributed by atoms with van der Waals surface area (Å²) in [6.45, 7) is 8.08. The van der Waals surface area contributed by atoms with Gasteiger partial charge in [0.1, 0.15) is 6.10 Å². The number of ether oxygens (including phenoxy) is 1. The van der Waals surface area contributed by atoms with Crippen molar-refractivity contribution in [1.82, 2.24) is 0 Å². The van der Waals surface area contributed by atoms with Gasteiger partial charge in [0.2, 0.25) is 0 Å². The van der Waals surface area contributed by atoms with Gasteiger partial charge in [-0.05, 0) is 50.5 Å². The Morgan fingerprint density at radius 1 is 1.29 bits per heavy atom. The van der Waals surface area contributed by atoms with Crippen LogP contribution in [-0.2, 0) is 14.3 Å². The van der Waals surface area contributed by atoms with Crippen LogP contribution in [0.1, 0.15) is 79.1 Å². The van der Waals surface area contributed by atoms with Gasteiger partial charge in [-0.1, -0.05) is 68.0 Å². The maximum absolute atomic E-state index is 13.2. The number of aliphatic carboxylic acids is 1. The summed E-state index contributed by atoms with van der Waals surface area (Å²) in [6, 6.07) is 0. The van der Waals surface area contributed by atoms with Crippen molar-refractivity contribution in [2.24, 2.45) is 17.3 Å². The second kappa shape index (κ2) is 12.3. The quantitative estimate of drug-likeness (QED) is 0.152. The van der Waals surface area contributed by atoms with Crippen LogP contribution in [0.2, 0.25) is 0 Å². The molecular weight excluding hydrogens is 551 g/mol. The number of carbonyl (C=O) groups excluding carboxylic acids is 1. The summed E-state index contributed by atoms with van der Waals surface area (Å²) in [6.07, 6.45) is 6.02. The van der Waals surface area contributed by atoms with Crippen LogP contribution in [0.15, 0.2) is 23.8 Å². The van der Waals surface area contributed by atoms with E-state index in [0.717, 1.165) is 18.4 Å². The molecule has 2 aliphatic carbocycles. The average molecular weight is 593 g/mol. The van der Waals surface area contributed by atoms with E-state index in [1.165, 1.54) is 0 Å². The van der Waals surface area contributed by atoms with E-state index in [1.54, 1.807) is 0 Å². The number of hydrogen-bond acceptors (Lipinski definition) is 6. The summed E-state index contributed by atoms with van der Waals surface area (Å²) in [5.74, 6) is -1.35. The summed E-state index contributed by atoms with van der Waals surface area (Å²) in [5, 5.41) is 39.7. The summed E-state index contributed by atoms with van der Waals surface area (Å²) < 4.78 is 5.77. The van der Waals surface area contributed by atoms with Crippen LogP contribution >= 0.6 is 22.6 Å². The van der Waals surface area contributed by atoms with Gasteiger partial charge in [-0.15, -0.1) is 0 Å². The third-order valence-corrected chi connectivity index (χ3v) is 9.78. The molecule has 0 amide bonds. The highest BCUT2D eigenvalue weighted by Gasteiger charge is 2.51. The largest absolute Gasteiger partial charge is 0.481 e. The molecule has 0 aromatic heterocycles. The Balaban J connectivity index is 2.24. The van der Waals surface area contributed by atoms with Gasteiger partial charge in [0.05, 0.1) is 30.1 Å². The molecule has 0 aliphatic heterocycles. The van der Waals surface area contributed by atoms with Gasteiger partial charge in [0.25, 0.3) is 0 Å². The summed E-state index contributed by atoms with van der Waals surface area (Å²) in [5.41, 5.74) is 0.375. The molecule has 0 aromatic rings. The number of carboxylic acids is 1. The van der Waals surface area contributed by atoms with E-state index in [0.29, 0.717) is 25.7 Å². The number of rotatable bonds is 12. The highest BCUT2D eigenvalue weighted by Crippen LogP contribution is 2.52. The molecular formula is C26H41IO7. The van der Waals surface area contributed by atoms with E-state index in [1.807, 2.05) is 26.0 Å². The van der Waals surface area contributed by atoms with E-state index >= 15 is 0 Å². The van der Waals surface area contributed by atoms with Crippen molar-refractivity contribution in [1.29, 1.82) is 0 Å². The van der Waals surface area contributed by atoms with E-state index < -0.39 is 42.2 Å². The maximum atomic E-state index is 13.2. The minimum absolute atomic E-state index is 0.000392. The second-order valence-electron chi connectivity index (χ2n) is 10.3. The zero-order valence-electron chi connectivity index (χ0n) is 20.7. The number of halogens is 1. The van der Waals surface area contributed by atoms with E-state index in [4.69, 9.17) is 9.84 Å². The van der Waals surface area contributed by atoms with Crippen molar-refractivity contribution in [3.8, 4) is 0 Å². The molecule has 0 saturated carbocycles. The molecule has 8 atom stereocenters. The number of allylic oxidation sites excluding steroid dienone is 2. The maximum Gasteiger partial charge on any atom is 0.312 e. The van der Waals surface area contributed by atoms with Crippen molar-refractivity contribution < 1.29 is 34.8 Å². The number of fused-ring (bicyclic) bond motifs is 1. The smallest absolute Gasteiger partial charge is 0.312 e. The van der Waals surface area contributed by atoms with Crippen LogP contribution in [0.4, 0.5) is 0 Å². The molecule has 7 nitrogen and oxygen atoms in total. The summed E-state index contributed by atoms with van der Waals surface area (Å²) >= 11 is 2.42. The van der Waals surface area contributed by atoms with Gasteiger partial charge in [-0.25, -0.2) is 0 Å². The minimum atomic E-state index is -1.10. The molecule has 0 radical (unpaired) electrons. The number of aliphatic hydroxyl groups excluding tert-OH is 3. The fourth-order valence-electron chi connectivity index (χ4n) is 5.29. The molecule has 0 heterocycles. The first kappa shape index (κ1) is 29.3. The first-order chi connectivity index (χ1) is 15.9. The van der Waals surface area contributed by atoms with Crippen molar-refractivity contribution >= 4 is 34.5 Å². The SMILES string of the molecule is CCCC(C)(CC)C(=O)OC1CC(O)C=C2C=CC(C)C(I)(CCC(O)CC(O)CC(=O)O)C21. The molecule has 0 saturated heterocycles. The Hall–Kier alpha value is -0.970. The fraction of sp³-hybridized carbons (Fsp3) is 0.769. The Labute approximate surface area is 216 Å². The third-order valence-electron chi connectivity index (χ3n) is 7.59. The number of carbonyl (C=O) groups is 2. The van der Waals surface area contributed by atoms with Gasteiger partial charge in [-0.3, -0.25) is 9.59 Å². The topological polar surface area (TPSA) is 124 Å². The first-order valence-corrected chi connectivity index (χ1v) is 13.5. The highest BCUT2D eigenvalue weighted by atomic mass is 127. The van der Waals surface area contributed by atoms with Crippen LogP contribution in [0, 0.1) is 17.3 Å². The number of hydrogen-bond donors (Lipinski definition) is 4. The lowest BCUT2D eigenvalue weighted by atomic mass is 9.66. The normalized spacial score (nSPS) is 32.2. The van der Waals surface area contributed by atoms with E-state index in [-0.39, 0.29) is 27.6 Å². The Bertz CT molecular complexity index is 781. The molecule has 34 heavy (non-hydrogen) atoms. The number of alkyl halides is 1. The number of aliphatic hydroxyl groups is 3. The average Bonchev–Trinajstić information content (AvgIpc) is 2.74. The van der Waals surface area contributed by atoms with Crippen LogP contribution in [0.5, 0.6) is 0 Å². The van der Waals surface area contributed by atoms with Gasteiger partial charge in [-0.2, -0.15) is 0 Å². The van der Waals surface area contributed by atoms with Gasteiger partial charge in [0.15, 0.2) is 0 Å². The van der Waals surface area contributed by atoms with E-state index in [2.05, 4.69) is 42.5 Å². The molecule has 4 N–H and O–H groups in total. The molecule has 2 aliphatic rings. The number of carboxylic acid groups (broad SMARTS) is 1. The Kier molecular flexibility index (Phi) is 10.6. The molecule has 8 unspecified atom stereocenters. The fourth-order valence-corrected chi connectivity index (χ4v) is 6.56. The van der Waals surface area contributed by atoms with Gasteiger partial charge in [0, 0.05) is 15.8 Å². The molecule has 0 fully saturated rings. The van der Waals surface area contributed by atoms with Crippen molar-refractivity contribution in [3.05, 3.63) is 23.8 Å². The monoisotopic (exact) mass is 592 g/mol. The highest BCUT2D eigenvalue weighted by molar-refractivity contribution is 14.1. The molecule has 0 bridgehead atoms. The molecule has 2 rings (SSSR count). The van der Waals surface area contributed by atoms with E-state index in [9.17, 15) is 24.9 Å². The lowest BCUT2D eigenvalue weighted by molar-refractivity contribution is -0.166. The van der Waals surface area contributed by atoms with Crippen molar-refractivity contribution in [2.75, 3.05) is 0 Å². The second-order valence-corrected chi connectivity index (χ2v) is 12.3. The van der Waals surface area contributed by atoms with Crippen LogP contribution < -0.4 is 0 Å². The zero-order valence-corrected chi connectivity index (χ0v) is 22.9. The first-order valence-electron chi connectivity index (χ1n) is 12.4. The molecule has 0 spiro atoms. The summed E-state index contributed by atoms with van der Waals surface area (Å²) in [7, 11) is 0. The van der Waals surface area contributed by atoms with Crippen LogP contribution in [0.3, 0.4) is 0 Å². The van der Waals surface area contributed by atoms with Gasteiger partial charge < -0.3 is 25.2 Å². The van der Waals surface area contributed by atoms with Crippen molar-refractivity contribution in [3.63, 3.8) is 0 Å². The lowest BCUT2D eigenvalue weighted by Gasteiger charge is -2.49. The molecule has 8 heteroatoms. The molecule has 0 aromatic carbocycles. The van der Waals surface area contributed by atoms with Crippen LogP contribution in [-0.4, -0.2) is 60.2 Å².